The Hall–Kier alpha value is -2.13. The van der Waals surface area contributed by atoms with Gasteiger partial charge in [0.2, 0.25) is 0 Å². The van der Waals surface area contributed by atoms with Crippen LogP contribution in [0.25, 0.3) is 21.8 Å². The smallest absolute Gasteiger partial charge is 0.250 e. The van der Waals surface area contributed by atoms with Gasteiger partial charge in [-0.25, -0.2) is 4.98 Å². The Bertz CT molecular complexity index is 783. The van der Waals surface area contributed by atoms with Crippen molar-refractivity contribution in [3.05, 3.63) is 53.1 Å². The number of benzene rings is 2. The molecule has 0 aliphatic rings. The van der Waals surface area contributed by atoms with E-state index in [2.05, 4.69) is 4.98 Å². The molecular formula is C14H9ClN2O. The molecule has 0 fully saturated rings. The second-order valence-electron chi connectivity index (χ2n) is 4.04. The average Bonchev–Trinajstić information content (AvgIpc) is 2.36. The van der Waals surface area contributed by atoms with Gasteiger partial charge >= 0.3 is 0 Å². The number of nitrogens with zero attached hydrogens (tertiary/aromatic N) is 1. The topological polar surface area (TPSA) is 56.0 Å². The fourth-order valence-electron chi connectivity index (χ4n) is 2.05. The van der Waals surface area contributed by atoms with Crippen LogP contribution in [-0.2, 0) is 0 Å². The molecule has 1 heterocycles. The number of nitrogens with two attached hydrogens (primary N) is 1. The van der Waals surface area contributed by atoms with E-state index in [9.17, 15) is 4.79 Å². The van der Waals surface area contributed by atoms with Crippen LogP contribution in [0.15, 0.2) is 42.5 Å². The summed E-state index contributed by atoms with van der Waals surface area (Å²) in [5.41, 5.74) is 7.03. The minimum atomic E-state index is -0.487. The molecule has 2 N–H and O–H groups in total. The van der Waals surface area contributed by atoms with Crippen molar-refractivity contribution in [1.82, 2.24) is 4.98 Å². The van der Waals surface area contributed by atoms with E-state index in [4.69, 9.17) is 17.3 Å². The quantitative estimate of drug-likeness (QED) is 0.680. The summed E-state index contributed by atoms with van der Waals surface area (Å²) < 4.78 is 0. The molecule has 3 aromatic rings. The van der Waals surface area contributed by atoms with Crippen molar-refractivity contribution in [3.63, 3.8) is 0 Å². The number of aromatic nitrogens is 1. The van der Waals surface area contributed by atoms with Crippen molar-refractivity contribution >= 4 is 39.3 Å². The fraction of sp³-hybridized carbons (Fsp3) is 0. The molecule has 0 aliphatic heterocycles. The zero-order valence-corrected chi connectivity index (χ0v) is 10.1. The van der Waals surface area contributed by atoms with Crippen LogP contribution in [0.3, 0.4) is 0 Å². The summed E-state index contributed by atoms with van der Waals surface area (Å²) in [4.78, 5) is 15.9. The van der Waals surface area contributed by atoms with E-state index >= 15 is 0 Å². The van der Waals surface area contributed by atoms with E-state index in [0.29, 0.717) is 21.6 Å². The first kappa shape index (κ1) is 11.0. The summed E-state index contributed by atoms with van der Waals surface area (Å²) in [6, 6.07) is 12.9. The first-order valence-electron chi connectivity index (χ1n) is 5.44. The van der Waals surface area contributed by atoms with Crippen LogP contribution < -0.4 is 5.73 Å². The molecule has 0 bridgehead atoms. The summed E-state index contributed by atoms with van der Waals surface area (Å²) in [5.74, 6) is -0.487. The Morgan fingerprint density at radius 2 is 1.72 bits per heavy atom. The van der Waals surface area contributed by atoms with Gasteiger partial charge in [-0.2, -0.15) is 0 Å². The third-order valence-electron chi connectivity index (χ3n) is 2.89. The Morgan fingerprint density at radius 1 is 1.06 bits per heavy atom. The average molecular weight is 257 g/mol. The van der Waals surface area contributed by atoms with Gasteiger partial charge in [0, 0.05) is 10.8 Å². The lowest BCUT2D eigenvalue weighted by Crippen LogP contribution is -2.11. The lowest BCUT2D eigenvalue weighted by molar-refractivity contribution is 0.100. The Balaban J connectivity index is 2.50. The van der Waals surface area contributed by atoms with Crippen LogP contribution in [0.5, 0.6) is 0 Å². The maximum atomic E-state index is 11.4. The molecule has 0 radical (unpaired) electrons. The highest BCUT2D eigenvalue weighted by Crippen LogP contribution is 2.26. The molecule has 1 aromatic heterocycles. The monoisotopic (exact) mass is 256 g/mol. The number of amides is 1. The number of hydrogen-bond acceptors (Lipinski definition) is 2. The second kappa shape index (κ2) is 3.96. The van der Waals surface area contributed by atoms with Crippen molar-refractivity contribution in [3.8, 4) is 0 Å². The minimum absolute atomic E-state index is 0.411. The van der Waals surface area contributed by atoms with E-state index < -0.39 is 5.91 Å². The van der Waals surface area contributed by atoms with Crippen LogP contribution in [-0.4, -0.2) is 10.9 Å². The Morgan fingerprint density at radius 3 is 2.44 bits per heavy atom. The predicted molar refractivity (Wildman–Crippen MR) is 72.8 cm³/mol. The molecule has 0 saturated carbocycles. The summed E-state index contributed by atoms with van der Waals surface area (Å²) >= 11 is 6.11. The molecule has 88 valence electrons. The highest BCUT2D eigenvalue weighted by atomic mass is 35.5. The van der Waals surface area contributed by atoms with Gasteiger partial charge in [0.25, 0.3) is 5.91 Å². The summed E-state index contributed by atoms with van der Waals surface area (Å²) in [6.45, 7) is 0. The van der Waals surface area contributed by atoms with Gasteiger partial charge < -0.3 is 5.73 Å². The molecule has 3 nitrogen and oxygen atoms in total. The number of halogens is 1. The molecule has 0 saturated heterocycles. The number of rotatable bonds is 1. The molecule has 0 atom stereocenters. The zero-order chi connectivity index (χ0) is 12.7. The molecule has 0 unspecified atom stereocenters. The number of para-hydroxylation sites is 2. The first-order valence-corrected chi connectivity index (χ1v) is 5.82. The second-order valence-corrected chi connectivity index (χ2v) is 4.45. The lowest BCUT2D eigenvalue weighted by Gasteiger charge is -2.05. The van der Waals surface area contributed by atoms with E-state index in [1.807, 2.05) is 24.3 Å². The van der Waals surface area contributed by atoms with Crippen LogP contribution in [0.2, 0.25) is 5.02 Å². The van der Waals surface area contributed by atoms with Crippen LogP contribution in [0.1, 0.15) is 10.4 Å². The number of hydrogen-bond donors (Lipinski definition) is 1. The van der Waals surface area contributed by atoms with Crippen molar-refractivity contribution in [2.75, 3.05) is 0 Å². The van der Waals surface area contributed by atoms with Gasteiger partial charge in [-0.1, -0.05) is 35.9 Å². The summed E-state index contributed by atoms with van der Waals surface area (Å²) in [6.07, 6.45) is 0. The Labute approximate surface area is 108 Å². The van der Waals surface area contributed by atoms with Gasteiger partial charge in [0.05, 0.1) is 21.6 Å². The van der Waals surface area contributed by atoms with Gasteiger partial charge in [-0.3, -0.25) is 4.79 Å². The van der Waals surface area contributed by atoms with E-state index in [1.165, 1.54) is 0 Å². The maximum absolute atomic E-state index is 11.4. The fourth-order valence-corrected chi connectivity index (χ4v) is 2.27. The minimum Gasteiger partial charge on any atom is -0.366 e. The number of carbonyl (C=O) groups excluding carboxylic acids is 1. The summed E-state index contributed by atoms with van der Waals surface area (Å²) in [7, 11) is 0. The van der Waals surface area contributed by atoms with E-state index in [0.717, 1.165) is 10.8 Å². The van der Waals surface area contributed by atoms with Gasteiger partial charge in [0.15, 0.2) is 0 Å². The van der Waals surface area contributed by atoms with Crippen LogP contribution >= 0.6 is 11.6 Å². The third-order valence-corrected chi connectivity index (χ3v) is 3.19. The molecule has 4 heteroatoms. The van der Waals surface area contributed by atoms with E-state index in [1.54, 1.807) is 18.2 Å². The Kier molecular flexibility index (Phi) is 2.42. The normalized spacial score (nSPS) is 10.9. The standard InChI is InChI=1S/C14H9ClN2O/c15-11-6-2-4-9-7-8-3-1-5-10(14(16)18)12(8)17-13(9)11/h1-7H,(H2,16,18). The molecular weight excluding hydrogens is 248 g/mol. The largest absolute Gasteiger partial charge is 0.366 e. The number of fused-ring (bicyclic) bond motifs is 2. The first-order chi connectivity index (χ1) is 8.66. The predicted octanol–water partition coefficient (Wildman–Crippen LogP) is 3.14. The van der Waals surface area contributed by atoms with Crippen LogP contribution in [0.4, 0.5) is 0 Å². The van der Waals surface area contributed by atoms with Crippen molar-refractivity contribution < 1.29 is 4.79 Å². The number of primary amides is 1. The van der Waals surface area contributed by atoms with Gasteiger partial charge in [0.1, 0.15) is 0 Å². The molecule has 3 rings (SSSR count). The number of carbonyl (C=O) groups is 1. The van der Waals surface area contributed by atoms with Crippen molar-refractivity contribution in [2.45, 2.75) is 0 Å². The lowest BCUT2D eigenvalue weighted by atomic mass is 10.1. The van der Waals surface area contributed by atoms with Gasteiger partial charge in [-0.15, -0.1) is 0 Å². The molecule has 0 aliphatic carbocycles. The summed E-state index contributed by atoms with van der Waals surface area (Å²) in [5, 5.41) is 2.38. The zero-order valence-electron chi connectivity index (χ0n) is 9.35. The highest BCUT2D eigenvalue weighted by molar-refractivity contribution is 6.35. The van der Waals surface area contributed by atoms with Crippen molar-refractivity contribution in [1.29, 1.82) is 0 Å². The van der Waals surface area contributed by atoms with Crippen molar-refractivity contribution in [2.24, 2.45) is 5.73 Å². The number of pyridine rings is 1. The van der Waals surface area contributed by atoms with Crippen LogP contribution in [0, 0.1) is 0 Å². The molecule has 2 aromatic carbocycles. The van der Waals surface area contributed by atoms with E-state index in [-0.39, 0.29) is 0 Å². The molecule has 0 spiro atoms. The van der Waals surface area contributed by atoms with Gasteiger partial charge in [-0.05, 0) is 18.2 Å². The maximum Gasteiger partial charge on any atom is 0.250 e. The molecule has 1 amide bonds. The SMILES string of the molecule is NC(=O)c1cccc2cc3cccc(Cl)c3nc12. The molecule has 18 heavy (non-hydrogen) atoms. The highest BCUT2D eigenvalue weighted by Gasteiger charge is 2.09. The third kappa shape index (κ3) is 1.60.